The molecule has 1 aromatic rings. The molecule has 1 heterocycles. The van der Waals surface area contributed by atoms with Crippen molar-refractivity contribution in [1.82, 2.24) is 5.32 Å². The first-order valence-corrected chi connectivity index (χ1v) is 9.91. The zero-order valence-electron chi connectivity index (χ0n) is 13.6. The second-order valence-electron chi connectivity index (χ2n) is 6.11. The molecule has 1 amide bonds. The molecule has 1 atom stereocenters. The summed E-state index contributed by atoms with van der Waals surface area (Å²) in [4.78, 5) is 11.8. The van der Waals surface area contributed by atoms with Crippen LogP contribution in [0.4, 0.5) is 0 Å². The molecule has 5 nitrogen and oxygen atoms in total. The molecule has 1 N–H and O–H groups in total. The van der Waals surface area contributed by atoms with Crippen LogP contribution < -0.4 is 10.1 Å². The SMILES string of the molecule is COc1ccc(CCC(=O)NCCCC2CCS(=O)(=O)C2)cc1. The number of methoxy groups -OCH3 is 1. The first-order chi connectivity index (χ1) is 11.0. The van der Waals surface area contributed by atoms with E-state index in [-0.39, 0.29) is 11.8 Å². The zero-order chi connectivity index (χ0) is 16.7. The van der Waals surface area contributed by atoms with Gasteiger partial charge in [-0.25, -0.2) is 8.42 Å². The first-order valence-electron chi connectivity index (χ1n) is 8.08. The summed E-state index contributed by atoms with van der Waals surface area (Å²) in [6, 6.07) is 7.71. The van der Waals surface area contributed by atoms with E-state index in [2.05, 4.69) is 5.32 Å². The van der Waals surface area contributed by atoms with Crippen molar-refractivity contribution in [1.29, 1.82) is 0 Å². The molecule has 1 aromatic carbocycles. The van der Waals surface area contributed by atoms with E-state index in [0.717, 1.165) is 30.6 Å². The molecule has 1 fully saturated rings. The van der Waals surface area contributed by atoms with Crippen molar-refractivity contribution in [2.75, 3.05) is 25.2 Å². The summed E-state index contributed by atoms with van der Waals surface area (Å²) < 4.78 is 27.8. The molecular formula is C17H25NO4S. The number of carbonyl (C=O) groups is 1. The molecule has 6 heteroatoms. The zero-order valence-corrected chi connectivity index (χ0v) is 14.4. The van der Waals surface area contributed by atoms with Gasteiger partial charge < -0.3 is 10.1 Å². The van der Waals surface area contributed by atoms with Crippen LogP contribution in [0.1, 0.15) is 31.2 Å². The number of rotatable bonds is 8. The molecule has 0 saturated carbocycles. The van der Waals surface area contributed by atoms with Crippen molar-refractivity contribution in [2.24, 2.45) is 5.92 Å². The van der Waals surface area contributed by atoms with Crippen molar-refractivity contribution in [3.05, 3.63) is 29.8 Å². The number of aryl methyl sites for hydroxylation is 1. The summed E-state index contributed by atoms with van der Waals surface area (Å²) in [5, 5.41) is 2.91. The number of ether oxygens (including phenoxy) is 1. The lowest BCUT2D eigenvalue weighted by atomic mass is 10.0. The molecule has 0 bridgehead atoms. The Morgan fingerprint density at radius 3 is 2.65 bits per heavy atom. The van der Waals surface area contributed by atoms with Crippen LogP contribution in [0.5, 0.6) is 5.75 Å². The van der Waals surface area contributed by atoms with E-state index < -0.39 is 9.84 Å². The van der Waals surface area contributed by atoms with E-state index in [0.29, 0.717) is 30.9 Å². The van der Waals surface area contributed by atoms with Gasteiger partial charge in [-0.15, -0.1) is 0 Å². The second kappa shape index (κ2) is 8.34. The average Bonchev–Trinajstić information content (AvgIpc) is 2.89. The predicted molar refractivity (Wildman–Crippen MR) is 90.3 cm³/mol. The van der Waals surface area contributed by atoms with Gasteiger partial charge in [0.1, 0.15) is 5.75 Å². The van der Waals surface area contributed by atoms with Gasteiger partial charge in [-0.1, -0.05) is 12.1 Å². The van der Waals surface area contributed by atoms with E-state index in [4.69, 9.17) is 4.74 Å². The van der Waals surface area contributed by atoms with Crippen LogP contribution >= 0.6 is 0 Å². The van der Waals surface area contributed by atoms with Gasteiger partial charge in [0.25, 0.3) is 0 Å². The highest BCUT2D eigenvalue weighted by atomic mass is 32.2. The second-order valence-corrected chi connectivity index (χ2v) is 8.34. The van der Waals surface area contributed by atoms with Crippen LogP contribution in [0, 0.1) is 5.92 Å². The van der Waals surface area contributed by atoms with E-state index in [1.54, 1.807) is 7.11 Å². The molecule has 1 aliphatic rings. The highest BCUT2D eigenvalue weighted by molar-refractivity contribution is 7.91. The number of carbonyl (C=O) groups excluding carboxylic acids is 1. The normalized spacial score (nSPS) is 19.4. The van der Waals surface area contributed by atoms with E-state index >= 15 is 0 Å². The lowest BCUT2D eigenvalue weighted by Gasteiger charge is -2.09. The van der Waals surface area contributed by atoms with E-state index in [9.17, 15) is 13.2 Å². The minimum Gasteiger partial charge on any atom is -0.497 e. The Kier molecular flexibility index (Phi) is 6.45. The van der Waals surface area contributed by atoms with Crippen LogP contribution in [0.3, 0.4) is 0 Å². The monoisotopic (exact) mass is 339 g/mol. The van der Waals surface area contributed by atoms with Gasteiger partial charge in [0, 0.05) is 13.0 Å². The Morgan fingerprint density at radius 2 is 2.04 bits per heavy atom. The van der Waals surface area contributed by atoms with Crippen LogP contribution in [-0.2, 0) is 21.1 Å². The summed E-state index contributed by atoms with van der Waals surface area (Å²) in [5.41, 5.74) is 1.11. The molecule has 1 unspecified atom stereocenters. The Labute approximate surface area is 138 Å². The lowest BCUT2D eigenvalue weighted by molar-refractivity contribution is -0.121. The largest absolute Gasteiger partial charge is 0.497 e. The topological polar surface area (TPSA) is 72.5 Å². The summed E-state index contributed by atoms with van der Waals surface area (Å²) in [7, 11) is -1.16. The van der Waals surface area contributed by atoms with Crippen molar-refractivity contribution in [3.8, 4) is 5.75 Å². The number of hydrogen-bond acceptors (Lipinski definition) is 4. The highest BCUT2D eigenvalue weighted by Gasteiger charge is 2.27. The molecular weight excluding hydrogens is 314 g/mol. The number of sulfone groups is 1. The minimum absolute atomic E-state index is 0.0415. The molecule has 1 saturated heterocycles. The van der Waals surface area contributed by atoms with Crippen molar-refractivity contribution in [2.45, 2.75) is 32.1 Å². The fourth-order valence-corrected chi connectivity index (χ4v) is 4.77. The molecule has 2 rings (SSSR count). The average molecular weight is 339 g/mol. The van der Waals surface area contributed by atoms with E-state index in [1.165, 1.54) is 0 Å². The fourth-order valence-electron chi connectivity index (χ4n) is 2.86. The molecule has 0 radical (unpaired) electrons. The standard InChI is InChI=1S/C17H25NO4S/c1-22-16-7-4-14(5-8-16)6-9-17(19)18-11-2-3-15-10-12-23(20,21)13-15/h4-5,7-8,15H,2-3,6,9-13H2,1H3,(H,18,19). The van der Waals surface area contributed by atoms with Crippen molar-refractivity contribution in [3.63, 3.8) is 0 Å². The Bertz CT molecular complexity index is 610. The summed E-state index contributed by atoms with van der Waals surface area (Å²) >= 11 is 0. The van der Waals surface area contributed by atoms with Gasteiger partial charge in [-0.2, -0.15) is 0 Å². The quantitative estimate of drug-likeness (QED) is 0.735. The van der Waals surface area contributed by atoms with Gasteiger partial charge in [-0.3, -0.25) is 4.79 Å². The number of nitrogens with one attached hydrogen (secondary N) is 1. The maximum absolute atomic E-state index is 11.8. The van der Waals surface area contributed by atoms with Gasteiger partial charge in [-0.05, 0) is 49.3 Å². The fraction of sp³-hybridized carbons (Fsp3) is 0.588. The number of hydrogen-bond donors (Lipinski definition) is 1. The van der Waals surface area contributed by atoms with Crippen molar-refractivity contribution < 1.29 is 17.9 Å². The molecule has 23 heavy (non-hydrogen) atoms. The lowest BCUT2D eigenvalue weighted by Crippen LogP contribution is -2.25. The van der Waals surface area contributed by atoms with E-state index in [1.807, 2.05) is 24.3 Å². The third kappa shape index (κ3) is 6.22. The molecule has 1 aliphatic heterocycles. The smallest absolute Gasteiger partial charge is 0.220 e. The van der Waals surface area contributed by atoms with Gasteiger partial charge in [0.05, 0.1) is 18.6 Å². The maximum Gasteiger partial charge on any atom is 0.220 e. The van der Waals surface area contributed by atoms with Gasteiger partial charge >= 0.3 is 0 Å². The Morgan fingerprint density at radius 1 is 1.30 bits per heavy atom. The third-order valence-corrected chi connectivity index (χ3v) is 6.07. The first kappa shape index (κ1) is 17.8. The third-order valence-electron chi connectivity index (χ3n) is 4.24. The molecule has 0 aromatic heterocycles. The molecule has 0 aliphatic carbocycles. The number of benzene rings is 1. The predicted octanol–water partition coefficient (Wildman–Crippen LogP) is 1.96. The maximum atomic E-state index is 11.8. The van der Waals surface area contributed by atoms with Crippen LogP contribution in [0.25, 0.3) is 0 Å². The van der Waals surface area contributed by atoms with Crippen molar-refractivity contribution >= 4 is 15.7 Å². The van der Waals surface area contributed by atoms with Crippen LogP contribution in [0.15, 0.2) is 24.3 Å². The van der Waals surface area contributed by atoms with Gasteiger partial charge in [0.2, 0.25) is 5.91 Å². The minimum atomic E-state index is -2.79. The number of amides is 1. The highest BCUT2D eigenvalue weighted by Crippen LogP contribution is 2.22. The molecule has 0 spiro atoms. The molecule has 128 valence electrons. The van der Waals surface area contributed by atoms with Crippen LogP contribution in [-0.4, -0.2) is 39.5 Å². The van der Waals surface area contributed by atoms with Crippen LogP contribution in [0.2, 0.25) is 0 Å². The Hall–Kier alpha value is -1.56. The summed E-state index contributed by atoms with van der Waals surface area (Å²) in [6.45, 7) is 0.623. The van der Waals surface area contributed by atoms with Gasteiger partial charge in [0.15, 0.2) is 9.84 Å². The summed E-state index contributed by atoms with van der Waals surface area (Å²) in [6.07, 6.45) is 3.65. The summed E-state index contributed by atoms with van der Waals surface area (Å²) in [5.74, 6) is 1.77. The Balaban J connectivity index is 1.58.